The van der Waals surface area contributed by atoms with E-state index < -0.39 is 17.6 Å². The molecule has 6 heteroatoms. The van der Waals surface area contributed by atoms with Gasteiger partial charge in [0, 0.05) is 29.4 Å². The van der Waals surface area contributed by atoms with Gasteiger partial charge in [-0.2, -0.15) is 0 Å². The highest BCUT2D eigenvalue weighted by molar-refractivity contribution is 5.94. The molecular weight excluding hydrogens is 324 g/mol. The molecule has 1 saturated heterocycles. The summed E-state index contributed by atoms with van der Waals surface area (Å²) in [5.41, 5.74) is 1.54. The fourth-order valence-corrected chi connectivity index (χ4v) is 5.48. The second-order valence-corrected chi connectivity index (χ2v) is 7.68. The van der Waals surface area contributed by atoms with Gasteiger partial charge in [0.25, 0.3) is 0 Å². The Bertz CT molecular complexity index is 778. The van der Waals surface area contributed by atoms with E-state index in [4.69, 9.17) is 13.9 Å². The fourth-order valence-electron chi connectivity index (χ4n) is 5.48. The molecule has 0 radical (unpaired) electrons. The van der Waals surface area contributed by atoms with Gasteiger partial charge in [0.2, 0.25) is 0 Å². The second kappa shape index (κ2) is 4.97. The summed E-state index contributed by atoms with van der Waals surface area (Å²) in [7, 11) is 0. The smallest absolute Gasteiger partial charge is 0.334 e. The number of rotatable bonds is 1. The maximum Gasteiger partial charge on any atom is 0.334 e. The van der Waals surface area contributed by atoms with Gasteiger partial charge in [-0.05, 0) is 30.9 Å². The highest BCUT2D eigenvalue weighted by atomic mass is 16.6. The van der Waals surface area contributed by atoms with Crippen molar-refractivity contribution < 1.29 is 28.6 Å². The lowest BCUT2D eigenvalue weighted by Gasteiger charge is -2.49. The van der Waals surface area contributed by atoms with Gasteiger partial charge >= 0.3 is 11.9 Å². The molecule has 2 aliphatic carbocycles. The van der Waals surface area contributed by atoms with Crippen molar-refractivity contribution in [2.75, 3.05) is 0 Å². The van der Waals surface area contributed by atoms with Gasteiger partial charge in [-0.1, -0.05) is 6.92 Å². The van der Waals surface area contributed by atoms with Crippen molar-refractivity contribution in [1.29, 1.82) is 0 Å². The summed E-state index contributed by atoms with van der Waals surface area (Å²) in [6, 6.07) is 1.80. The van der Waals surface area contributed by atoms with Crippen LogP contribution in [-0.4, -0.2) is 29.3 Å². The summed E-state index contributed by atoms with van der Waals surface area (Å²) in [4.78, 5) is 25.3. The number of carbonyl (C=O) groups is 2. The van der Waals surface area contributed by atoms with Crippen LogP contribution in [0, 0.1) is 17.3 Å². The van der Waals surface area contributed by atoms with Crippen LogP contribution >= 0.6 is 0 Å². The number of hydrogen-bond acceptors (Lipinski definition) is 6. The Morgan fingerprint density at radius 2 is 2.12 bits per heavy atom. The van der Waals surface area contributed by atoms with Crippen molar-refractivity contribution in [3.63, 3.8) is 0 Å². The van der Waals surface area contributed by atoms with E-state index in [9.17, 15) is 14.7 Å². The molecule has 3 heterocycles. The van der Waals surface area contributed by atoms with Gasteiger partial charge in [0.15, 0.2) is 6.10 Å². The minimum Gasteiger partial charge on any atom is -0.472 e. The molecule has 2 fully saturated rings. The zero-order valence-corrected chi connectivity index (χ0v) is 13.9. The molecule has 4 aliphatic rings. The van der Waals surface area contributed by atoms with E-state index in [0.717, 1.165) is 24.0 Å². The van der Waals surface area contributed by atoms with E-state index >= 15 is 0 Å². The molecule has 1 aromatic rings. The molecule has 1 N–H and O–H groups in total. The molecule has 6 nitrogen and oxygen atoms in total. The Morgan fingerprint density at radius 3 is 2.88 bits per heavy atom. The molecule has 0 bridgehead atoms. The van der Waals surface area contributed by atoms with E-state index in [1.54, 1.807) is 18.6 Å². The molecule has 0 unspecified atom stereocenters. The molecule has 0 amide bonds. The van der Waals surface area contributed by atoms with E-state index in [1.807, 2.05) is 6.92 Å². The predicted octanol–water partition coefficient (Wildman–Crippen LogP) is 2.29. The van der Waals surface area contributed by atoms with Crippen molar-refractivity contribution in [2.24, 2.45) is 17.3 Å². The van der Waals surface area contributed by atoms with Crippen LogP contribution in [0.4, 0.5) is 0 Å². The van der Waals surface area contributed by atoms with Crippen LogP contribution in [0.2, 0.25) is 0 Å². The minimum atomic E-state index is -0.888. The van der Waals surface area contributed by atoms with Crippen molar-refractivity contribution in [3.8, 4) is 0 Å². The lowest BCUT2D eigenvalue weighted by Crippen LogP contribution is -2.56. The number of aliphatic hydroxyl groups is 1. The SMILES string of the molecule is C[C@H]1[C@H](O)[C@H]2OC(=O)C3=C2[C@H](CCC3)[C@]12C[C@@H](c1ccoc1)OC2=O. The highest BCUT2D eigenvalue weighted by Gasteiger charge is 2.67. The van der Waals surface area contributed by atoms with Gasteiger partial charge in [-0.15, -0.1) is 0 Å². The second-order valence-electron chi connectivity index (χ2n) is 7.68. The first-order chi connectivity index (χ1) is 12.0. The van der Waals surface area contributed by atoms with Crippen LogP contribution in [0.5, 0.6) is 0 Å². The fraction of sp³-hybridized carbons (Fsp3) is 0.579. The first-order valence-electron chi connectivity index (χ1n) is 8.89. The summed E-state index contributed by atoms with van der Waals surface area (Å²) in [6.45, 7) is 1.88. The van der Waals surface area contributed by atoms with Gasteiger partial charge in [-0.25, -0.2) is 4.79 Å². The number of hydrogen-bond donors (Lipinski definition) is 1. The maximum atomic E-state index is 13.1. The number of esters is 2. The maximum absolute atomic E-state index is 13.1. The molecule has 0 aromatic carbocycles. The molecule has 1 aromatic heterocycles. The summed E-state index contributed by atoms with van der Waals surface area (Å²) in [6.07, 6.45) is 4.11. The first kappa shape index (κ1) is 15.2. The zero-order chi connectivity index (χ0) is 17.3. The average molecular weight is 344 g/mol. The summed E-state index contributed by atoms with van der Waals surface area (Å²) >= 11 is 0. The van der Waals surface area contributed by atoms with Crippen LogP contribution in [0.3, 0.4) is 0 Å². The monoisotopic (exact) mass is 344 g/mol. The summed E-state index contributed by atoms with van der Waals surface area (Å²) in [5, 5.41) is 10.8. The minimum absolute atomic E-state index is 0.101. The van der Waals surface area contributed by atoms with Gasteiger partial charge in [-0.3, -0.25) is 4.79 Å². The van der Waals surface area contributed by atoms with E-state index in [2.05, 4.69) is 0 Å². The third-order valence-electron chi connectivity index (χ3n) is 6.75. The van der Waals surface area contributed by atoms with Crippen LogP contribution in [0.15, 0.2) is 34.2 Å². The first-order valence-corrected chi connectivity index (χ1v) is 8.89. The van der Waals surface area contributed by atoms with Crippen LogP contribution in [0.25, 0.3) is 0 Å². The molecule has 6 atom stereocenters. The number of aliphatic hydroxyl groups excluding tert-OH is 1. The van der Waals surface area contributed by atoms with Gasteiger partial charge in [0.1, 0.15) is 6.10 Å². The lowest BCUT2D eigenvalue weighted by molar-refractivity contribution is -0.166. The third kappa shape index (κ3) is 1.78. The highest BCUT2D eigenvalue weighted by Crippen LogP contribution is 2.62. The lowest BCUT2D eigenvalue weighted by atomic mass is 9.53. The Morgan fingerprint density at radius 1 is 1.28 bits per heavy atom. The number of fused-ring (bicyclic) bond motifs is 1. The van der Waals surface area contributed by atoms with E-state index in [1.165, 1.54) is 0 Å². The van der Waals surface area contributed by atoms with Crippen molar-refractivity contribution in [3.05, 3.63) is 35.3 Å². The van der Waals surface area contributed by atoms with Gasteiger partial charge in [0.05, 0.1) is 24.0 Å². The third-order valence-corrected chi connectivity index (χ3v) is 6.75. The summed E-state index contributed by atoms with van der Waals surface area (Å²) < 4.78 is 16.3. The molecule has 2 aliphatic heterocycles. The van der Waals surface area contributed by atoms with Crippen molar-refractivity contribution in [2.45, 2.75) is 50.9 Å². The Hall–Kier alpha value is -2.08. The number of carbonyl (C=O) groups excluding carboxylic acids is 2. The quantitative estimate of drug-likeness (QED) is 0.787. The topological polar surface area (TPSA) is 86.0 Å². The Kier molecular flexibility index (Phi) is 3.02. The molecule has 1 spiro atoms. The standard InChI is InChI=1S/C19H20O6/c1-9-15(20)16-14-11(17(21)25-16)3-2-4-12(14)19(9)7-13(24-18(19)22)10-5-6-23-8-10/h5-6,8-9,12-13,15-16,20H,2-4,7H2,1H3/t9-,12-,13-,15-,16-,19-/m0/s1. The van der Waals surface area contributed by atoms with Crippen LogP contribution < -0.4 is 0 Å². The Balaban J connectivity index is 1.63. The predicted molar refractivity (Wildman–Crippen MR) is 84.0 cm³/mol. The average Bonchev–Trinajstić information content (AvgIpc) is 3.31. The van der Waals surface area contributed by atoms with Crippen molar-refractivity contribution >= 4 is 11.9 Å². The molecule has 25 heavy (non-hydrogen) atoms. The molecule has 132 valence electrons. The number of cyclic esters (lactones) is 1. The van der Waals surface area contributed by atoms with E-state index in [-0.39, 0.29) is 29.9 Å². The van der Waals surface area contributed by atoms with Crippen LogP contribution in [0.1, 0.15) is 44.3 Å². The zero-order valence-electron chi connectivity index (χ0n) is 13.9. The molecular formula is C19H20O6. The largest absolute Gasteiger partial charge is 0.472 e. The van der Waals surface area contributed by atoms with Gasteiger partial charge < -0.3 is 19.0 Å². The summed E-state index contributed by atoms with van der Waals surface area (Å²) in [5.74, 6) is -1.05. The molecule has 1 saturated carbocycles. The number of ether oxygens (including phenoxy) is 2. The van der Waals surface area contributed by atoms with Crippen molar-refractivity contribution in [1.82, 2.24) is 0 Å². The Labute approximate surface area is 144 Å². The van der Waals surface area contributed by atoms with Crippen LogP contribution in [-0.2, 0) is 19.1 Å². The number of furan rings is 1. The van der Waals surface area contributed by atoms with E-state index in [0.29, 0.717) is 18.4 Å². The molecule has 5 rings (SSSR count). The normalized spacial score (nSPS) is 42.6.